The second-order valence-electron chi connectivity index (χ2n) is 3.92. The third-order valence-corrected chi connectivity index (χ3v) is 2.59. The van der Waals surface area contributed by atoms with Gasteiger partial charge >= 0.3 is 18.1 Å². The molecule has 2 heterocycles. The Bertz CT molecular complexity index is 465. The molecule has 2 rings (SSSR count). The molecule has 0 bridgehead atoms. The van der Waals surface area contributed by atoms with Crippen molar-refractivity contribution in [2.24, 2.45) is 0 Å². The normalized spacial score (nSPS) is 17.7. The fraction of sp³-hybridized carbons (Fsp3) is 0.364. The number of carbonyl (C=O) groups excluding carboxylic acids is 2. The zero-order chi connectivity index (χ0) is 13.3. The van der Waals surface area contributed by atoms with Gasteiger partial charge in [0.2, 0.25) is 0 Å². The van der Waals surface area contributed by atoms with Crippen LogP contribution in [0.4, 0.5) is 13.2 Å². The summed E-state index contributed by atoms with van der Waals surface area (Å²) < 4.78 is 41.3. The van der Waals surface area contributed by atoms with Crippen molar-refractivity contribution >= 4 is 11.9 Å². The second-order valence-corrected chi connectivity index (χ2v) is 3.92. The van der Waals surface area contributed by atoms with Crippen LogP contribution < -0.4 is 0 Å². The molecule has 0 spiro atoms. The summed E-state index contributed by atoms with van der Waals surface area (Å²) in [6, 6.07) is 2.06. The van der Waals surface area contributed by atoms with Crippen LogP contribution in [0.25, 0.3) is 0 Å². The molecule has 96 valence electrons. The van der Waals surface area contributed by atoms with E-state index in [9.17, 15) is 22.8 Å². The maximum atomic E-state index is 12.3. The average Bonchev–Trinajstić information content (AvgIpc) is 2.27. The molecule has 0 aromatic carbocycles. The number of pyridine rings is 1. The molecule has 0 radical (unpaired) electrons. The van der Waals surface area contributed by atoms with Crippen molar-refractivity contribution in [2.45, 2.75) is 24.9 Å². The molecule has 1 aliphatic heterocycles. The number of cyclic esters (lactones) is 2. The molecule has 0 unspecified atom stereocenters. The lowest BCUT2D eigenvalue weighted by atomic mass is 9.95. The van der Waals surface area contributed by atoms with Gasteiger partial charge in [0.15, 0.2) is 0 Å². The predicted molar refractivity (Wildman–Crippen MR) is 52.3 cm³/mol. The van der Waals surface area contributed by atoms with Crippen molar-refractivity contribution in [3.05, 3.63) is 29.6 Å². The summed E-state index contributed by atoms with van der Waals surface area (Å²) in [4.78, 5) is 25.7. The lowest BCUT2D eigenvalue weighted by Crippen LogP contribution is -2.24. The Morgan fingerprint density at radius 3 is 2.22 bits per heavy atom. The van der Waals surface area contributed by atoms with E-state index in [1.807, 2.05) is 0 Å². The third-order valence-electron chi connectivity index (χ3n) is 2.59. The van der Waals surface area contributed by atoms with Crippen molar-refractivity contribution in [3.63, 3.8) is 0 Å². The van der Waals surface area contributed by atoms with E-state index in [0.717, 1.165) is 6.07 Å². The van der Waals surface area contributed by atoms with Crippen LogP contribution in [0, 0.1) is 0 Å². The first-order valence-corrected chi connectivity index (χ1v) is 5.13. The molecule has 0 saturated carbocycles. The number of halogens is 3. The molecule has 7 heteroatoms. The molecule has 0 N–H and O–H groups in total. The Labute approximate surface area is 99.8 Å². The number of nitrogens with zero attached hydrogens (tertiary/aromatic N) is 1. The molecule has 1 fully saturated rings. The molecule has 18 heavy (non-hydrogen) atoms. The van der Waals surface area contributed by atoms with Crippen LogP contribution >= 0.6 is 0 Å². The number of esters is 2. The number of rotatable bonds is 1. The van der Waals surface area contributed by atoms with Gasteiger partial charge in [0.25, 0.3) is 0 Å². The molecule has 0 aliphatic carbocycles. The van der Waals surface area contributed by atoms with Crippen molar-refractivity contribution < 1.29 is 27.5 Å². The largest absolute Gasteiger partial charge is 0.417 e. The highest BCUT2D eigenvalue weighted by atomic mass is 19.4. The van der Waals surface area contributed by atoms with E-state index in [-0.39, 0.29) is 18.5 Å². The SMILES string of the molecule is O=C1CC(c2ccc(C(F)(F)F)cn2)CC(=O)O1. The lowest BCUT2D eigenvalue weighted by Gasteiger charge is -2.19. The fourth-order valence-corrected chi connectivity index (χ4v) is 1.71. The number of hydrogen-bond donors (Lipinski definition) is 0. The van der Waals surface area contributed by atoms with Gasteiger partial charge in [0.05, 0.1) is 18.4 Å². The van der Waals surface area contributed by atoms with Crippen LogP contribution in [0.5, 0.6) is 0 Å². The van der Waals surface area contributed by atoms with Gasteiger partial charge in [-0.2, -0.15) is 13.2 Å². The van der Waals surface area contributed by atoms with Gasteiger partial charge in [-0.25, -0.2) is 0 Å². The minimum Gasteiger partial charge on any atom is -0.393 e. The molecular formula is C11H8F3NO3. The number of carbonyl (C=O) groups is 2. The zero-order valence-electron chi connectivity index (χ0n) is 9.03. The molecule has 1 saturated heterocycles. The van der Waals surface area contributed by atoms with Gasteiger partial charge in [0, 0.05) is 17.8 Å². The number of aromatic nitrogens is 1. The summed E-state index contributed by atoms with van der Waals surface area (Å²) in [6.45, 7) is 0. The van der Waals surface area contributed by atoms with Gasteiger partial charge < -0.3 is 4.74 Å². The van der Waals surface area contributed by atoms with Crippen molar-refractivity contribution in [3.8, 4) is 0 Å². The molecule has 1 aromatic rings. The van der Waals surface area contributed by atoms with E-state index in [1.165, 1.54) is 6.07 Å². The summed E-state index contributed by atoms with van der Waals surface area (Å²) in [7, 11) is 0. The highest BCUT2D eigenvalue weighted by molar-refractivity contribution is 5.89. The van der Waals surface area contributed by atoms with Gasteiger partial charge in [-0.3, -0.25) is 14.6 Å². The summed E-state index contributed by atoms with van der Waals surface area (Å²) in [5, 5.41) is 0. The van der Waals surface area contributed by atoms with Gasteiger partial charge in [0.1, 0.15) is 0 Å². The maximum Gasteiger partial charge on any atom is 0.417 e. The maximum absolute atomic E-state index is 12.3. The highest BCUT2D eigenvalue weighted by Gasteiger charge is 2.32. The number of alkyl halides is 3. The van der Waals surface area contributed by atoms with Gasteiger partial charge in [-0.15, -0.1) is 0 Å². The molecule has 0 atom stereocenters. The van der Waals surface area contributed by atoms with Gasteiger partial charge in [-0.1, -0.05) is 0 Å². The van der Waals surface area contributed by atoms with Crippen molar-refractivity contribution in [1.29, 1.82) is 0 Å². The molecular weight excluding hydrogens is 251 g/mol. The van der Waals surface area contributed by atoms with E-state index in [4.69, 9.17) is 0 Å². The van der Waals surface area contributed by atoms with E-state index in [2.05, 4.69) is 9.72 Å². The first-order valence-electron chi connectivity index (χ1n) is 5.13. The smallest absolute Gasteiger partial charge is 0.393 e. The lowest BCUT2D eigenvalue weighted by molar-refractivity contribution is -0.164. The van der Waals surface area contributed by atoms with Crippen LogP contribution in [0.1, 0.15) is 30.0 Å². The minimum absolute atomic E-state index is 0.0515. The number of ether oxygens (including phenoxy) is 1. The first-order chi connectivity index (χ1) is 8.36. The van der Waals surface area contributed by atoms with E-state index >= 15 is 0 Å². The van der Waals surface area contributed by atoms with Crippen LogP contribution in [0.3, 0.4) is 0 Å². The summed E-state index contributed by atoms with van der Waals surface area (Å²) >= 11 is 0. The summed E-state index contributed by atoms with van der Waals surface area (Å²) in [6.07, 6.45) is -3.86. The summed E-state index contributed by atoms with van der Waals surface area (Å²) in [5.74, 6) is -1.88. The highest BCUT2D eigenvalue weighted by Crippen LogP contribution is 2.31. The Morgan fingerprint density at radius 1 is 1.17 bits per heavy atom. The van der Waals surface area contributed by atoms with E-state index in [1.54, 1.807) is 0 Å². The van der Waals surface area contributed by atoms with Crippen LogP contribution in [0.2, 0.25) is 0 Å². The predicted octanol–water partition coefficient (Wildman–Crippen LogP) is 2.05. The quantitative estimate of drug-likeness (QED) is 0.572. The van der Waals surface area contributed by atoms with Crippen molar-refractivity contribution in [1.82, 2.24) is 4.98 Å². The second kappa shape index (κ2) is 4.40. The number of hydrogen-bond acceptors (Lipinski definition) is 4. The van der Waals surface area contributed by atoms with E-state index in [0.29, 0.717) is 6.20 Å². The standard InChI is InChI=1S/C11H8F3NO3/c12-11(13,14)7-1-2-8(15-5-7)6-3-9(16)18-10(17)4-6/h1-2,5-6H,3-4H2. The summed E-state index contributed by atoms with van der Waals surface area (Å²) in [5.41, 5.74) is -0.580. The molecule has 1 aliphatic rings. The van der Waals surface area contributed by atoms with Crippen LogP contribution in [0.15, 0.2) is 18.3 Å². The minimum atomic E-state index is -4.45. The molecule has 1 aromatic heterocycles. The van der Waals surface area contributed by atoms with E-state index < -0.39 is 29.6 Å². The monoisotopic (exact) mass is 259 g/mol. The first kappa shape index (κ1) is 12.5. The van der Waals surface area contributed by atoms with Crippen molar-refractivity contribution in [2.75, 3.05) is 0 Å². The fourth-order valence-electron chi connectivity index (χ4n) is 1.71. The molecule has 0 amide bonds. The van der Waals surface area contributed by atoms with Crippen LogP contribution in [-0.4, -0.2) is 16.9 Å². The van der Waals surface area contributed by atoms with Gasteiger partial charge in [-0.05, 0) is 12.1 Å². The third kappa shape index (κ3) is 2.66. The Hall–Kier alpha value is -1.92. The Morgan fingerprint density at radius 2 is 1.78 bits per heavy atom. The average molecular weight is 259 g/mol. The Kier molecular flexibility index (Phi) is 3.06. The Balaban J connectivity index is 2.19. The zero-order valence-corrected chi connectivity index (χ0v) is 9.03. The van der Waals surface area contributed by atoms with Crippen LogP contribution in [-0.2, 0) is 20.5 Å². The molecule has 4 nitrogen and oxygen atoms in total. The topological polar surface area (TPSA) is 56.3 Å².